The Morgan fingerprint density at radius 2 is 2.08 bits per heavy atom. The number of amides is 1. The van der Waals surface area contributed by atoms with E-state index in [1.54, 1.807) is 6.20 Å². The molecule has 0 aromatic carbocycles. The lowest BCUT2D eigenvalue weighted by atomic mass is 9.75. The fourth-order valence-electron chi connectivity index (χ4n) is 3.46. The zero-order valence-corrected chi connectivity index (χ0v) is 15.1. The molecule has 1 spiro atoms. The van der Waals surface area contributed by atoms with Crippen molar-refractivity contribution in [2.45, 2.75) is 50.2 Å². The van der Waals surface area contributed by atoms with Crippen molar-refractivity contribution in [3.8, 4) is 0 Å². The normalized spacial score (nSPS) is 22.7. The minimum atomic E-state index is -1.33. The number of carboxylic acid groups (broad SMARTS) is 1. The molecule has 1 saturated heterocycles. The second-order valence-electron chi connectivity index (χ2n) is 7.44. The quantitative estimate of drug-likeness (QED) is 0.789. The number of nitrogens with zero attached hydrogens (tertiary/aromatic N) is 3. The Balaban J connectivity index is 1.99. The summed E-state index contributed by atoms with van der Waals surface area (Å²) in [5.41, 5.74) is 2.63. The largest absolute Gasteiger partial charge is 0.591 e. The Labute approximate surface area is 145 Å². The predicted molar refractivity (Wildman–Crippen MR) is 93.8 cm³/mol. The van der Waals surface area contributed by atoms with E-state index in [4.69, 9.17) is 0 Å². The molecule has 1 aliphatic carbocycles. The van der Waals surface area contributed by atoms with E-state index in [2.05, 4.69) is 9.38 Å². The van der Waals surface area contributed by atoms with E-state index < -0.39 is 22.2 Å². The van der Waals surface area contributed by atoms with E-state index in [0.29, 0.717) is 32.4 Å². The van der Waals surface area contributed by atoms with Gasteiger partial charge in [-0.1, -0.05) is 10.5 Å². The van der Waals surface area contributed by atoms with Crippen LogP contribution in [0.5, 0.6) is 0 Å². The minimum Gasteiger partial charge on any atom is -0.591 e. The van der Waals surface area contributed by atoms with Crippen molar-refractivity contribution in [2.24, 2.45) is 4.40 Å². The van der Waals surface area contributed by atoms with Gasteiger partial charge in [-0.15, -0.1) is 0 Å². The third-order valence-corrected chi connectivity index (χ3v) is 6.29. The molecule has 130 valence electrons. The lowest BCUT2D eigenvalue weighted by Gasteiger charge is -2.38. The second-order valence-corrected chi connectivity index (χ2v) is 9.34. The van der Waals surface area contributed by atoms with E-state index in [9.17, 15) is 14.5 Å². The first kappa shape index (κ1) is 17.2. The molecule has 0 saturated carbocycles. The van der Waals surface area contributed by atoms with Crippen LogP contribution in [0.25, 0.3) is 0 Å². The zero-order chi connectivity index (χ0) is 17.5. The number of piperidine rings is 1. The first-order chi connectivity index (χ1) is 11.2. The fraction of sp³-hybridized carbons (Fsp3) is 0.588. The maximum atomic E-state index is 12.6. The number of aromatic nitrogens is 1. The lowest BCUT2D eigenvalue weighted by molar-refractivity contribution is 0.126. The SMILES string of the molecule is CC(C)(C)[S+]([O-])N=C1Cc2cccnc2C12CCN(C(=O)O)CC2. The highest BCUT2D eigenvalue weighted by atomic mass is 32.2. The van der Waals surface area contributed by atoms with Crippen LogP contribution in [0.15, 0.2) is 22.7 Å². The topological polar surface area (TPSA) is 88.9 Å². The van der Waals surface area contributed by atoms with Crippen molar-refractivity contribution in [1.29, 1.82) is 0 Å². The third kappa shape index (κ3) is 2.91. The summed E-state index contributed by atoms with van der Waals surface area (Å²) in [6.45, 7) is 6.63. The van der Waals surface area contributed by atoms with E-state index in [1.807, 2.05) is 32.9 Å². The van der Waals surface area contributed by atoms with Gasteiger partial charge in [0.2, 0.25) is 0 Å². The fourth-order valence-corrected chi connectivity index (χ4v) is 4.17. The first-order valence-corrected chi connectivity index (χ1v) is 9.27. The first-order valence-electron chi connectivity index (χ1n) is 8.16. The number of carbonyl (C=O) groups is 1. The van der Waals surface area contributed by atoms with Crippen molar-refractivity contribution in [2.75, 3.05) is 13.1 Å². The summed E-state index contributed by atoms with van der Waals surface area (Å²) in [5.74, 6) is 0. The Morgan fingerprint density at radius 1 is 1.42 bits per heavy atom. The van der Waals surface area contributed by atoms with E-state index in [0.717, 1.165) is 17.0 Å². The van der Waals surface area contributed by atoms with Crippen LogP contribution in [0, 0.1) is 0 Å². The van der Waals surface area contributed by atoms with Gasteiger partial charge in [-0.05, 0) is 45.2 Å². The summed E-state index contributed by atoms with van der Waals surface area (Å²) in [5, 5.41) is 9.21. The number of rotatable bonds is 1. The van der Waals surface area contributed by atoms with Gasteiger partial charge in [0, 0.05) is 25.7 Å². The van der Waals surface area contributed by atoms with Gasteiger partial charge in [-0.3, -0.25) is 4.98 Å². The minimum absolute atomic E-state index is 0.372. The molecule has 24 heavy (non-hydrogen) atoms. The molecule has 2 heterocycles. The van der Waals surface area contributed by atoms with Gasteiger partial charge in [0.15, 0.2) is 0 Å². The Hall–Kier alpha value is -1.60. The molecule has 1 N–H and O–H groups in total. The van der Waals surface area contributed by atoms with Gasteiger partial charge in [0.25, 0.3) is 0 Å². The van der Waals surface area contributed by atoms with Crippen molar-refractivity contribution in [3.63, 3.8) is 0 Å². The summed E-state index contributed by atoms with van der Waals surface area (Å²) in [7, 11) is 0. The van der Waals surface area contributed by atoms with Crippen LogP contribution in [-0.2, 0) is 23.2 Å². The van der Waals surface area contributed by atoms with Gasteiger partial charge in [-0.2, -0.15) is 0 Å². The van der Waals surface area contributed by atoms with Crippen LogP contribution in [0.4, 0.5) is 4.79 Å². The van der Waals surface area contributed by atoms with Gasteiger partial charge >= 0.3 is 6.09 Å². The highest BCUT2D eigenvalue weighted by Gasteiger charge is 2.49. The molecule has 2 aliphatic rings. The summed E-state index contributed by atoms with van der Waals surface area (Å²) >= 11 is -1.33. The lowest BCUT2D eigenvalue weighted by Crippen LogP contribution is -2.48. The molecule has 6 nitrogen and oxygen atoms in total. The molecule has 1 amide bonds. The molecule has 7 heteroatoms. The highest BCUT2D eigenvalue weighted by molar-refractivity contribution is 7.91. The molecule has 0 radical (unpaired) electrons. The van der Waals surface area contributed by atoms with Crippen LogP contribution in [0.1, 0.15) is 44.9 Å². The molecular weight excluding hydrogens is 326 g/mol. The highest BCUT2D eigenvalue weighted by Crippen LogP contribution is 2.44. The van der Waals surface area contributed by atoms with Crippen molar-refractivity contribution in [1.82, 2.24) is 9.88 Å². The van der Waals surface area contributed by atoms with Gasteiger partial charge in [-0.25, -0.2) is 4.79 Å². The summed E-state index contributed by atoms with van der Waals surface area (Å²) in [4.78, 5) is 17.2. The molecular formula is C17H23N3O3S. The molecule has 3 rings (SSSR count). The Morgan fingerprint density at radius 3 is 2.67 bits per heavy atom. The smallest absolute Gasteiger partial charge is 0.407 e. The molecule has 1 atom stereocenters. The molecule has 1 aromatic rings. The summed E-state index contributed by atoms with van der Waals surface area (Å²) in [6.07, 6.45) is 2.82. The van der Waals surface area contributed by atoms with Crippen molar-refractivity contribution < 1.29 is 14.5 Å². The summed E-state index contributed by atoms with van der Waals surface area (Å²) in [6, 6.07) is 3.94. The van der Waals surface area contributed by atoms with E-state index in [1.165, 1.54) is 4.90 Å². The average molecular weight is 349 g/mol. The zero-order valence-electron chi connectivity index (χ0n) is 14.3. The number of likely N-dealkylation sites (tertiary alicyclic amines) is 1. The Kier molecular flexibility index (Phi) is 4.34. The molecule has 1 unspecified atom stereocenters. The standard InChI is InChI=1S/C17H23N3O3S/c1-16(2,3)24(23)19-13-11-12-5-4-8-18-14(12)17(13)6-9-20(10-7-17)15(21)22/h4-5,8H,6-7,9-11H2,1-3H3,(H,21,22). The maximum Gasteiger partial charge on any atom is 0.407 e. The van der Waals surface area contributed by atoms with Crippen LogP contribution >= 0.6 is 0 Å². The molecule has 0 bridgehead atoms. The maximum absolute atomic E-state index is 12.6. The molecule has 1 aromatic heterocycles. The molecule has 1 aliphatic heterocycles. The summed E-state index contributed by atoms with van der Waals surface area (Å²) < 4.78 is 16.7. The third-order valence-electron chi connectivity index (χ3n) is 4.86. The van der Waals surface area contributed by atoms with Crippen LogP contribution < -0.4 is 0 Å². The predicted octanol–water partition coefficient (Wildman–Crippen LogP) is 2.55. The number of hydrogen-bond donors (Lipinski definition) is 1. The van der Waals surface area contributed by atoms with Crippen LogP contribution in [-0.4, -0.2) is 49.2 Å². The van der Waals surface area contributed by atoms with Gasteiger partial charge < -0.3 is 14.6 Å². The van der Waals surface area contributed by atoms with Crippen LogP contribution in [0.3, 0.4) is 0 Å². The number of fused-ring (bicyclic) bond motifs is 2. The van der Waals surface area contributed by atoms with Crippen molar-refractivity contribution >= 4 is 23.2 Å². The molecule has 1 fully saturated rings. The van der Waals surface area contributed by atoms with Gasteiger partial charge in [0.1, 0.15) is 16.1 Å². The van der Waals surface area contributed by atoms with E-state index in [-0.39, 0.29) is 5.41 Å². The monoisotopic (exact) mass is 349 g/mol. The average Bonchev–Trinajstić information content (AvgIpc) is 2.81. The van der Waals surface area contributed by atoms with Crippen LogP contribution in [0.2, 0.25) is 0 Å². The Bertz CT molecular complexity index is 676. The van der Waals surface area contributed by atoms with E-state index >= 15 is 0 Å². The number of pyridine rings is 1. The van der Waals surface area contributed by atoms with Gasteiger partial charge in [0.05, 0.1) is 16.8 Å². The number of hydrogen-bond acceptors (Lipinski definition) is 4. The second kappa shape index (κ2) is 6.04. The van der Waals surface area contributed by atoms with Crippen molar-refractivity contribution in [3.05, 3.63) is 29.6 Å².